The van der Waals surface area contributed by atoms with Gasteiger partial charge in [-0.3, -0.25) is 4.98 Å². The zero-order valence-corrected chi connectivity index (χ0v) is 19.6. The topological polar surface area (TPSA) is 22.1 Å². The molecule has 0 unspecified atom stereocenters. The summed E-state index contributed by atoms with van der Waals surface area (Å²) in [4.78, 5) is 4.53. The zero-order chi connectivity index (χ0) is 22.6. The van der Waals surface area contributed by atoms with Crippen molar-refractivity contribution in [3.05, 3.63) is 72.2 Å². The van der Waals surface area contributed by atoms with Crippen molar-refractivity contribution in [2.45, 2.75) is 71.6 Å². The van der Waals surface area contributed by atoms with Crippen LogP contribution in [0.15, 0.2) is 60.8 Å². The molecule has 0 amide bonds. The summed E-state index contributed by atoms with van der Waals surface area (Å²) in [5, 5.41) is 0. The molecule has 32 heavy (non-hydrogen) atoms. The Bertz CT molecular complexity index is 934. The third kappa shape index (κ3) is 7.19. The first-order valence-electron chi connectivity index (χ1n) is 12.2. The molecule has 2 nitrogen and oxygen atoms in total. The molecule has 0 aliphatic rings. The number of benzene rings is 2. The number of hydrogen-bond donors (Lipinski definition) is 0. The molecule has 0 radical (unpaired) electrons. The molecule has 0 saturated carbocycles. The standard InChI is InChI=1S/C29H36FNO/c1-3-5-7-8-9-10-11-23-12-18-27(28(30)21-23)29-19-15-25(22-31-29)24-13-16-26(17-14-24)32-20-6-4-2/h12-19,21-22H,3-11,20H2,1-2H3. The number of rotatable bonds is 13. The van der Waals surface area contributed by atoms with E-state index in [-0.39, 0.29) is 5.82 Å². The van der Waals surface area contributed by atoms with Crippen LogP contribution in [0.2, 0.25) is 0 Å². The molecule has 0 saturated heterocycles. The number of aromatic nitrogens is 1. The van der Waals surface area contributed by atoms with Crippen LogP contribution in [0.4, 0.5) is 4.39 Å². The van der Waals surface area contributed by atoms with Gasteiger partial charge in [-0.15, -0.1) is 0 Å². The van der Waals surface area contributed by atoms with E-state index in [2.05, 4.69) is 18.8 Å². The van der Waals surface area contributed by atoms with Crippen LogP contribution < -0.4 is 4.74 Å². The van der Waals surface area contributed by atoms with E-state index in [0.717, 1.165) is 54.7 Å². The van der Waals surface area contributed by atoms with Crippen LogP contribution in [-0.4, -0.2) is 11.6 Å². The number of aryl methyl sites for hydroxylation is 1. The lowest BCUT2D eigenvalue weighted by molar-refractivity contribution is 0.309. The fourth-order valence-corrected chi connectivity index (χ4v) is 3.83. The Balaban J connectivity index is 1.58. The van der Waals surface area contributed by atoms with Crippen LogP contribution in [0, 0.1) is 5.82 Å². The van der Waals surface area contributed by atoms with E-state index in [9.17, 15) is 4.39 Å². The van der Waals surface area contributed by atoms with Crippen LogP contribution >= 0.6 is 0 Å². The quantitative estimate of drug-likeness (QED) is 0.252. The van der Waals surface area contributed by atoms with Gasteiger partial charge in [0.2, 0.25) is 0 Å². The molecule has 1 aromatic heterocycles. The third-order valence-electron chi connectivity index (χ3n) is 5.85. The van der Waals surface area contributed by atoms with Crippen LogP contribution in [0.25, 0.3) is 22.4 Å². The van der Waals surface area contributed by atoms with Crippen molar-refractivity contribution in [1.82, 2.24) is 4.98 Å². The van der Waals surface area contributed by atoms with Crippen molar-refractivity contribution < 1.29 is 9.13 Å². The van der Waals surface area contributed by atoms with Crippen molar-refractivity contribution in [1.29, 1.82) is 0 Å². The summed E-state index contributed by atoms with van der Waals surface area (Å²) in [6, 6.07) is 17.5. The zero-order valence-electron chi connectivity index (χ0n) is 19.6. The number of nitrogens with zero attached hydrogens (tertiary/aromatic N) is 1. The summed E-state index contributed by atoms with van der Waals surface area (Å²) in [6.45, 7) is 5.13. The summed E-state index contributed by atoms with van der Waals surface area (Å²) >= 11 is 0. The highest BCUT2D eigenvalue weighted by molar-refractivity contribution is 5.67. The largest absolute Gasteiger partial charge is 0.494 e. The molecular weight excluding hydrogens is 397 g/mol. The van der Waals surface area contributed by atoms with E-state index in [1.807, 2.05) is 54.7 Å². The second-order valence-electron chi connectivity index (χ2n) is 8.49. The van der Waals surface area contributed by atoms with Crippen LogP contribution in [0.3, 0.4) is 0 Å². The molecule has 2 aromatic carbocycles. The van der Waals surface area contributed by atoms with Crippen molar-refractivity contribution >= 4 is 0 Å². The Morgan fingerprint density at radius 1 is 0.750 bits per heavy atom. The Kier molecular flexibility index (Phi) is 9.74. The molecule has 3 aromatic rings. The second-order valence-corrected chi connectivity index (χ2v) is 8.49. The van der Waals surface area contributed by atoms with Crippen molar-refractivity contribution in [3.63, 3.8) is 0 Å². The average Bonchev–Trinajstić information content (AvgIpc) is 2.82. The van der Waals surface area contributed by atoms with E-state index in [1.165, 1.54) is 32.1 Å². The molecule has 0 N–H and O–H groups in total. The maximum absolute atomic E-state index is 14.8. The lowest BCUT2D eigenvalue weighted by Crippen LogP contribution is -1.96. The Hall–Kier alpha value is -2.68. The minimum absolute atomic E-state index is 0.192. The number of pyridine rings is 1. The van der Waals surface area contributed by atoms with Crippen molar-refractivity contribution in [2.75, 3.05) is 6.61 Å². The van der Waals surface area contributed by atoms with Gasteiger partial charge in [0.15, 0.2) is 0 Å². The monoisotopic (exact) mass is 433 g/mol. The number of unbranched alkanes of at least 4 members (excludes halogenated alkanes) is 6. The molecule has 0 spiro atoms. The lowest BCUT2D eigenvalue weighted by atomic mass is 10.0. The molecule has 0 fully saturated rings. The molecule has 0 aliphatic heterocycles. The molecule has 1 heterocycles. The number of halogens is 1. The maximum Gasteiger partial charge on any atom is 0.132 e. The summed E-state index contributed by atoms with van der Waals surface area (Å²) < 4.78 is 20.5. The van der Waals surface area contributed by atoms with E-state index in [0.29, 0.717) is 11.3 Å². The van der Waals surface area contributed by atoms with Gasteiger partial charge in [-0.05, 0) is 60.7 Å². The summed E-state index contributed by atoms with van der Waals surface area (Å²) in [7, 11) is 0. The van der Waals surface area contributed by atoms with Gasteiger partial charge in [-0.25, -0.2) is 4.39 Å². The Morgan fingerprint density at radius 3 is 2.16 bits per heavy atom. The highest BCUT2D eigenvalue weighted by atomic mass is 19.1. The number of hydrogen-bond acceptors (Lipinski definition) is 2. The van der Waals surface area contributed by atoms with E-state index >= 15 is 0 Å². The van der Waals surface area contributed by atoms with Crippen LogP contribution in [0.5, 0.6) is 5.75 Å². The van der Waals surface area contributed by atoms with Gasteiger partial charge in [0.05, 0.1) is 12.3 Å². The minimum atomic E-state index is -0.192. The summed E-state index contributed by atoms with van der Waals surface area (Å²) in [5.41, 5.74) is 4.37. The van der Waals surface area contributed by atoms with Gasteiger partial charge in [0.1, 0.15) is 11.6 Å². The fraction of sp³-hybridized carbons (Fsp3) is 0.414. The molecular formula is C29H36FNO. The first kappa shape index (κ1) is 24.0. The average molecular weight is 434 g/mol. The lowest BCUT2D eigenvalue weighted by Gasteiger charge is -2.09. The van der Waals surface area contributed by atoms with Gasteiger partial charge < -0.3 is 4.74 Å². The summed E-state index contributed by atoms with van der Waals surface area (Å²) in [6.07, 6.45) is 12.4. The van der Waals surface area contributed by atoms with E-state index in [4.69, 9.17) is 4.74 Å². The second kappa shape index (κ2) is 13.0. The SMILES string of the molecule is CCCCCCCCc1ccc(-c2ccc(-c3ccc(OCCCC)cc3)cn2)c(F)c1. The van der Waals surface area contributed by atoms with E-state index in [1.54, 1.807) is 6.07 Å². The van der Waals surface area contributed by atoms with Gasteiger partial charge >= 0.3 is 0 Å². The van der Waals surface area contributed by atoms with Crippen molar-refractivity contribution in [3.8, 4) is 28.1 Å². The van der Waals surface area contributed by atoms with Crippen LogP contribution in [-0.2, 0) is 6.42 Å². The molecule has 0 aliphatic carbocycles. The minimum Gasteiger partial charge on any atom is -0.494 e. The smallest absolute Gasteiger partial charge is 0.132 e. The first-order chi connectivity index (χ1) is 15.7. The maximum atomic E-state index is 14.8. The molecule has 0 atom stereocenters. The fourth-order valence-electron chi connectivity index (χ4n) is 3.83. The highest BCUT2D eigenvalue weighted by Gasteiger charge is 2.09. The van der Waals surface area contributed by atoms with Gasteiger partial charge in [-0.2, -0.15) is 0 Å². The van der Waals surface area contributed by atoms with Gasteiger partial charge in [0, 0.05) is 17.3 Å². The molecule has 3 heteroatoms. The van der Waals surface area contributed by atoms with E-state index < -0.39 is 0 Å². The van der Waals surface area contributed by atoms with Crippen LogP contribution in [0.1, 0.15) is 70.8 Å². The normalized spacial score (nSPS) is 11.0. The predicted molar refractivity (Wildman–Crippen MR) is 133 cm³/mol. The first-order valence-corrected chi connectivity index (χ1v) is 12.2. The number of ether oxygens (including phenoxy) is 1. The summed E-state index contributed by atoms with van der Waals surface area (Å²) in [5.74, 6) is 0.692. The molecule has 3 rings (SSSR count). The molecule has 170 valence electrons. The third-order valence-corrected chi connectivity index (χ3v) is 5.85. The van der Waals surface area contributed by atoms with Gasteiger partial charge in [0.25, 0.3) is 0 Å². The highest BCUT2D eigenvalue weighted by Crippen LogP contribution is 2.27. The predicted octanol–water partition coefficient (Wildman–Crippen LogP) is 8.64. The van der Waals surface area contributed by atoms with Crippen molar-refractivity contribution in [2.24, 2.45) is 0 Å². The Labute approximate surface area is 192 Å². The molecule has 0 bridgehead atoms. The Morgan fingerprint density at radius 2 is 1.47 bits per heavy atom. The van der Waals surface area contributed by atoms with Gasteiger partial charge in [-0.1, -0.05) is 76.6 Å².